The molecule has 1 aromatic heterocycles. The average molecular weight is 336 g/mol. The highest BCUT2D eigenvalue weighted by molar-refractivity contribution is 7.07. The highest BCUT2D eigenvalue weighted by Gasteiger charge is 2.13. The molecule has 2 aromatic rings. The first-order valence-corrected chi connectivity index (χ1v) is 7.30. The largest absolute Gasteiger partial charge is 0.493 e. The van der Waals surface area contributed by atoms with Crippen molar-refractivity contribution in [3.8, 4) is 17.2 Å². The maximum absolute atomic E-state index is 11.9. The van der Waals surface area contributed by atoms with Gasteiger partial charge in [-0.25, -0.2) is 5.43 Å². The van der Waals surface area contributed by atoms with E-state index in [1.807, 2.05) is 0 Å². The molecule has 122 valence electrons. The molecule has 0 fully saturated rings. The second kappa shape index (κ2) is 7.54. The van der Waals surface area contributed by atoms with Gasteiger partial charge in [-0.3, -0.25) is 4.79 Å². The summed E-state index contributed by atoms with van der Waals surface area (Å²) in [6.45, 7) is 1.71. The molecule has 0 saturated heterocycles. The molecule has 1 amide bonds. The van der Waals surface area contributed by atoms with Gasteiger partial charge in [-0.05, 0) is 30.6 Å². The number of carbonyl (C=O) groups is 1. The number of hydrogen-bond donors (Lipinski definition) is 1. The summed E-state index contributed by atoms with van der Waals surface area (Å²) in [6.07, 6.45) is 1.48. The first kappa shape index (κ1) is 16.7. The Morgan fingerprint density at radius 1 is 1.22 bits per heavy atom. The van der Waals surface area contributed by atoms with Crippen molar-refractivity contribution >= 4 is 23.7 Å². The molecule has 0 spiro atoms. The Morgan fingerprint density at radius 3 is 2.35 bits per heavy atom. The average Bonchev–Trinajstić information content (AvgIpc) is 2.99. The van der Waals surface area contributed by atoms with Crippen LogP contribution in [0.2, 0.25) is 0 Å². The number of nitrogens with zero attached hydrogens (tertiary/aromatic N) is 3. The Labute approximate surface area is 137 Å². The molecule has 0 aliphatic carbocycles. The summed E-state index contributed by atoms with van der Waals surface area (Å²) in [4.78, 5) is 12.3. The Bertz CT molecular complexity index is 704. The molecule has 0 radical (unpaired) electrons. The van der Waals surface area contributed by atoms with E-state index in [9.17, 15) is 4.79 Å². The fraction of sp³-hybridized carbons (Fsp3) is 0.286. The zero-order valence-electron chi connectivity index (χ0n) is 13.1. The van der Waals surface area contributed by atoms with E-state index in [1.54, 1.807) is 19.1 Å². The van der Waals surface area contributed by atoms with Crippen LogP contribution in [0.4, 0.5) is 0 Å². The molecule has 8 nitrogen and oxygen atoms in total. The summed E-state index contributed by atoms with van der Waals surface area (Å²) in [6, 6.07) is 3.44. The molecule has 0 bridgehead atoms. The Balaban J connectivity index is 2.16. The van der Waals surface area contributed by atoms with Gasteiger partial charge in [-0.2, -0.15) is 5.10 Å². The smallest absolute Gasteiger partial charge is 0.285 e. The van der Waals surface area contributed by atoms with E-state index >= 15 is 0 Å². The molecular formula is C14H16N4O4S. The standard InChI is InChI=1S/C14H16N4O4S/c1-8-13(23-18-16-8)14(19)17-15-7-9-5-10(20-2)12(22-4)11(6-9)21-3/h5-7H,1-4H3,(H,17,19)/b15-7-. The number of hydrazone groups is 1. The predicted molar refractivity (Wildman–Crippen MR) is 85.8 cm³/mol. The van der Waals surface area contributed by atoms with Gasteiger partial charge in [0, 0.05) is 5.56 Å². The topological polar surface area (TPSA) is 94.9 Å². The maximum atomic E-state index is 11.9. The Hall–Kier alpha value is -2.68. The number of aryl methyl sites for hydroxylation is 1. The van der Waals surface area contributed by atoms with Gasteiger partial charge < -0.3 is 14.2 Å². The number of nitrogens with one attached hydrogen (secondary N) is 1. The van der Waals surface area contributed by atoms with E-state index in [0.29, 0.717) is 33.4 Å². The number of rotatable bonds is 6. The fourth-order valence-electron chi connectivity index (χ4n) is 1.83. The van der Waals surface area contributed by atoms with Crippen LogP contribution in [0, 0.1) is 6.92 Å². The number of amides is 1. The SMILES string of the molecule is COc1cc(/C=N\NC(=O)c2snnc2C)cc(OC)c1OC. The molecule has 2 rings (SSSR count). The molecule has 0 atom stereocenters. The molecule has 1 N–H and O–H groups in total. The summed E-state index contributed by atoms with van der Waals surface area (Å²) in [5, 5.41) is 7.70. The summed E-state index contributed by atoms with van der Waals surface area (Å²) >= 11 is 1.02. The lowest BCUT2D eigenvalue weighted by Crippen LogP contribution is -2.17. The number of hydrogen-bond acceptors (Lipinski definition) is 8. The minimum absolute atomic E-state index is 0.360. The number of carbonyl (C=O) groups excluding carboxylic acids is 1. The minimum atomic E-state index is -0.360. The van der Waals surface area contributed by atoms with Gasteiger partial charge in [0.1, 0.15) is 4.88 Å². The normalized spacial score (nSPS) is 10.6. The zero-order valence-corrected chi connectivity index (χ0v) is 13.9. The van der Waals surface area contributed by atoms with Gasteiger partial charge >= 0.3 is 0 Å². The summed E-state index contributed by atoms with van der Waals surface area (Å²) in [7, 11) is 4.58. The molecule has 0 unspecified atom stereocenters. The van der Waals surface area contributed by atoms with Gasteiger partial charge in [-0.15, -0.1) is 5.10 Å². The van der Waals surface area contributed by atoms with E-state index in [-0.39, 0.29) is 5.91 Å². The quantitative estimate of drug-likeness (QED) is 0.636. The van der Waals surface area contributed by atoms with E-state index in [2.05, 4.69) is 20.1 Å². The highest BCUT2D eigenvalue weighted by atomic mass is 32.1. The van der Waals surface area contributed by atoms with Crippen LogP contribution in [0.1, 0.15) is 20.9 Å². The molecular weight excluding hydrogens is 320 g/mol. The number of benzene rings is 1. The first-order valence-electron chi connectivity index (χ1n) is 6.53. The third kappa shape index (κ3) is 3.75. The first-order chi connectivity index (χ1) is 11.1. The minimum Gasteiger partial charge on any atom is -0.493 e. The van der Waals surface area contributed by atoms with Crippen LogP contribution < -0.4 is 19.6 Å². The van der Waals surface area contributed by atoms with Crippen LogP contribution >= 0.6 is 11.5 Å². The summed E-state index contributed by atoms with van der Waals surface area (Å²) in [5.41, 5.74) is 3.67. The van der Waals surface area contributed by atoms with Crippen molar-refractivity contribution in [1.29, 1.82) is 0 Å². The van der Waals surface area contributed by atoms with Crippen molar-refractivity contribution in [3.63, 3.8) is 0 Å². The van der Waals surface area contributed by atoms with Crippen LogP contribution in [0.5, 0.6) is 17.2 Å². The number of methoxy groups -OCH3 is 3. The van der Waals surface area contributed by atoms with Crippen molar-refractivity contribution in [2.24, 2.45) is 5.10 Å². The van der Waals surface area contributed by atoms with Gasteiger partial charge in [0.05, 0.1) is 33.2 Å². The lowest BCUT2D eigenvalue weighted by Gasteiger charge is -2.12. The number of aromatic nitrogens is 2. The maximum Gasteiger partial charge on any atom is 0.285 e. The van der Waals surface area contributed by atoms with Crippen molar-refractivity contribution in [3.05, 3.63) is 28.3 Å². The molecule has 1 heterocycles. The van der Waals surface area contributed by atoms with E-state index in [0.717, 1.165) is 11.5 Å². The van der Waals surface area contributed by atoms with Crippen LogP contribution in [-0.4, -0.2) is 43.0 Å². The molecule has 1 aromatic carbocycles. The Morgan fingerprint density at radius 2 is 1.87 bits per heavy atom. The van der Waals surface area contributed by atoms with Crippen LogP contribution in [0.25, 0.3) is 0 Å². The van der Waals surface area contributed by atoms with Crippen LogP contribution in [0.3, 0.4) is 0 Å². The third-order valence-corrected chi connectivity index (χ3v) is 3.75. The van der Waals surface area contributed by atoms with Crippen LogP contribution in [-0.2, 0) is 0 Å². The van der Waals surface area contributed by atoms with Crippen molar-refractivity contribution in [2.45, 2.75) is 6.92 Å². The zero-order chi connectivity index (χ0) is 16.8. The monoisotopic (exact) mass is 336 g/mol. The lowest BCUT2D eigenvalue weighted by atomic mass is 10.2. The summed E-state index contributed by atoms with van der Waals surface area (Å²) in [5.74, 6) is 1.13. The van der Waals surface area contributed by atoms with Crippen molar-refractivity contribution in [1.82, 2.24) is 15.0 Å². The van der Waals surface area contributed by atoms with Gasteiger partial charge in [0.2, 0.25) is 5.75 Å². The van der Waals surface area contributed by atoms with Crippen LogP contribution in [0.15, 0.2) is 17.2 Å². The van der Waals surface area contributed by atoms with E-state index < -0.39 is 0 Å². The lowest BCUT2D eigenvalue weighted by molar-refractivity contribution is 0.0958. The Kier molecular flexibility index (Phi) is 5.47. The predicted octanol–water partition coefficient (Wildman–Crippen LogP) is 1.64. The third-order valence-electron chi connectivity index (χ3n) is 2.92. The van der Waals surface area contributed by atoms with Crippen molar-refractivity contribution in [2.75, 3.05) is 21.3 Å². The van der Waals surface area contributed by atoms with Crippen molar-refractivity contribution < 1.29 is 19.0 Å². The second-order valence-electron chi connectivity index (χ2n) is 4.35. The van der Waals surface area contributed by atoms with E-state index in [1.165, 1.54) is 27.5 Å². The second-order valence-corrected chi connectivity index (χ2v) is 5.10. The van der Waals surface area contributed by atoms with E-state index in [4.69, 9.17) is 14.2 Å². The molecule has 0 aliphatic rings. The molecule has 0 aliphatic heterocycles. The molecule has 0 saturated carbocycles. The fourth-order valence-corrected chi connectivity index (χ4v) is 2.38. The molecule has 9 heteroatoms. The number of ether oxygens (including phenoxy) is 3. The van der Waals surface area contributed by atoms with Gasteiger partial charge in [0.15, 0.2) is 11.5 Å². The summed E-state index contributed by atoms with van der Waals surface area (Å²) < 4.78 is 19.5. The van der Waals surface area contributed by atoms with Gasteiger partial charge in [0.25, 0.3) is 5.91 Å². The highest BCUT2D eigenvalue weighted by Crippen LogP contribution is 2.37. The molecule has 23 heavy (non-hydrogen) atoms. The van der Waals surface area contributed by atoms with Gasteiger partial charge in [-0.1, -0.05) is 4.49 Å².